The van der Waals surface area contributed by atoms with E-state index in [0.717, 1.165) is 12.8 Å². The summed E-state index contributed by atoms with van der Waals surface area (Å²) in [5.41, 5.74) is 6.38. The summed E-state index contributed by atoms with van der Waals surface area (Å²) < 4.78 is 14.3. The summed E-state index contributed by atoms with van der Waals surface area (Å²) in [6.45, 7) is 1.36. The number of anilines is 2. The van der Waals surface area contributed by atoms with Gasteiger partial charge in [-0.25, -0.2) is 9.37 Å². The molecule has 2 amide bonds. The van der Waals surface area contributed by atoms with Crippen LogP contribution in [0.1, 0.15) is 32.6 Å². The van der Waals surface area contributed by atoms with Crippen molar-refractivity contribution in [3.05, 3.63) is 29.4 Å². The molecule has 6 nitrogen and oxygen atoms in total. The average Bonchev–Trinajstić information content (AvgIpc) is 3.17. The van der Waals surface area contributed by atoms with E-state index in [2.05, 4.69) is 15.6 Å². The van der Waals surface area contributed by atoms with Crippen LogP contribution in [0.15, 0.2) is 23.6 Å². The highest BCUT2D eigenvalue weighted by molar-refractivity contribution is 7.14. The fourth-order valence-electron chi connectivity index (χ4n) is 2.91. The molecule has 0 bridgehead atoms. The van der Waals surface area contributed by atoms with Crippen molar-refractivity contribution >= 4 is 34.0 Å². The number of carbonyl (C=O) groups is 2. The smallest absolute Gasteiger partial charge is 0.246 e. The fraction of sp³-hybridized carbons (Fsp3) is 0.353. The van der Waals surface area contributed by atoms with E-state index in [1.165, 1.54) is 24.3 Å². The van der Waals surface area contributed by atoms with Crippen molar-refractivity contribution in [2.45, 2.75) is 38.1 Å². The van der Waals surface area contributed by atoms with Gasteiger partial charge in [-0.3, -0.25) is 9.59 Å². The Hall–Kier alpha value is -2.32. The van der Waals surface area contributed by atoms with Gasteiger partial charge in [-0.15, -0.1) is 11.3 Å². The number of rotatable bonds is 4. The van der Waals surface area contributed by atoms with Gasteiger partial charge in [0.15, 0.2) is 5.13 Å². The minimum Gasteiger partial charge on any atom is -0.326 e. The lowest BCUT2D eigenvalue weighted by Crippen LogP contribution is -2.48. The first-order valence-electron chi connectivity index (χ1n) is 8.01. The zero-order valence-corrected chi connectivity index (χ0v) is 14.6. The monoisotopic (exact) mass is 362 g/mol. The average molecular weight is 362 g/mol. The number of amides is 2. The highest BCUT2D eigenvalue weighted by atomic mass is 32.1. The maximum atomic E-state index is 14.3. The van der Waals surface area contributed by atoms with Gasteiger partial charge in [0.2, 0.25) is 11.8 Å². The van der Waals surface area contributed by atoms with Crippen molar-refractivity contribution in [3.63, 3.8) is 0 Å². The quantitative estimate of drug-likeness (QED) is 0.778. The second kappa shape index (κ2) is 6.89. The number of nitrogens with zero attached hydrogens (tertiary/aromatic N) is 1. The molecule has 3 rings (SSSR count). The summed E-state index contributed by atoms with van der Waals surface area (Å²) in [6.07, 6.45) is 3.21. The summed E-state index contributed by atoms with van der Waals surface area (Å²) >= 11 is 1.22. The standard InChI is InChI=1S/C17H19FN4O2S/c1-10(23)20-11-4-5-12(13(18)8-11)14-9-25-16(21-14)22-15(24)17(19)6-2-3-7-17/h4-5,8-9H,2-3,6-7,19H2,1H3,(H,20,23)(H,21,22,24). The second-order valence-electron chi connectivity index (χ2n) is 6.23. The lowest BCUT2D eigenvalue weighted by molar-refractivity contribution is -0.121. The maximum absolute atomic E-state index is 14.3. The highest BCUT2D eigenvalue weighted by Crippen LogP contribution is 2.31. The Bertz CT molecular complexity index is 815. The van der Waals surface area contributed by atoms with Crippen molar-refractivity contribution in [1.82, 2.24) is 4.98 Å². The predicted octanol–water partition coefficient (Wildman–Crippen LogP) is 3.12. The van der Waals surface area contributed by atoms with Gasteiger partial charge in [0.05, 0.1) is 11.2 Å². The zero-order valence-electron chi connectivity index (χ0n) is 13.8. The van der Waals surface area contributed by atoms with Crippen LogP contribution < -0.4 is 16.4 Å². The molecule has 8 heteroatoms. The largest absolute Gasteiger partial charge is 0.326 e. The molecule has 1 aromatic heterocycles. The SMILES string of the molecule is CC(=O)Nc1ccc(-c2csc(NC(=O)C3(N)CCCC3)n2)c(F)c1. The number of hydrogen-bond acceptors (Lipinski definition) is 5. The van der Waals surface area contributed by atoms with Gasteiger partial charge in [-0.2, -0.15) is 0 Å². The van der Waals surface area contributed by atoms with E-state index in [0.29, 0.717) is 34.9 Å². The minimum absolute atomic E-state index is 0.243. The van der Waals surface area contributed by atoms with Crippen LogP contribution in [-0.2, 0) is 9.59 Å². The van der Waals surface area contributed by atoms with Gasteiger partial charge >= 0.3 is 0 Å². The summed E-state index contributed by atoms with van der Waals surface area (Å²) in [5, 5.41) is 7.32. The van der Waals surface area contributed by atoms with Gasteiger partial charge in [0, 0.05) is 23.6 Å². The van der Waals surface area contributed by atoms with Crippen molar-refractivity contribution in [2.75, 3.05) is 10.6 Å². The highest BCUT2D eigenvalue weighted by Gasteiger charge is 2.37. The molecule has 0 saturated heterocycles. The number of thiazole rings is 1. The van der Waals surface area contributed by atoms with E-state index >= 15 is 0 Å². The number of carbonyl (C=O) groups excluding carboxylic acids is 2. The zero-order chi connectivity index (χ0) is 18.0. The molecule has 1 aromatic carbocycles. The molecule has 1 heterocycles. The molecular weight excluding hydrogens is 343 g/mol. The Morgan fingerprint density at radius 2 is 2.00 bits per heavy atom. The van der Waals surface area contributed by atoms with Crippen LogP contribution in [0.3, 0.4) is 0 Å². The summed E-state index contributed by atoms with van der Waals surface area (Å²) in [5.74, 6) is -1.01. The van der Waals surface area contributed by atoms with Crippen LogP contribution >= 0.6 is 11.3 Å². The van der Waals surface area contributed by atoms with Gasteiger partial charge in [0.1, 0.15) is 5.82 Å². The van der Waals surface area contributed by atoms with Gasteiger partial charge in [0.25, 0.3) is 0 Å². The molecule has 0 unspecified atom stereocenters. The third-order valence-electron chi connectivity index (χ3n) is 4.24. The first-order valence-corrected chi connectivity index (χ1v) is 8.89. The van der Waals surface area contributed by atoms with Crippen molar-refractivity contribution in [2.24, 2.45) is 5.73 Å². The third kappa shape index (κ3) is 3.85. The normalized spacial score (nSPS) is 15.8. The number of aromatic nitrogens is 1. The topological polar surface area (TPSA) is 97.1 Å². The van der Waals surface area contributed by atoms with E-state index in [1.54, 1.807) is 17.5 Å². The lowest BCUT2D eigenvalue weighted by atomic mass is 9.98. The van der Waals surface area contributed by atoms with Crippen molar-refractivity contribution in [3.8, 4) is 11.3 Å². The number of hydrogen-bond donors (Lipinski definition) is 3. The lowest BCUT2D eigenvalue weighted by Gasteiger charge is -2.21. The molecule has 1 aliphatic carbocycles. The number of nitrogens with one attached hydrogen (secondary N) is 2. The van der Waals surface area contributed by atoms with Crippen molar-refractivity contribution in [1.29, 1.82) is 0 Å². The van der Waals surface area contributed by atoms with Crippen LogP contribution in [0.2, 0.25) is 0 Å². The van der Waals surface area contributed by atoms with Crippen LogP contribution in [0.4, 0.5) is 15.2 Å². The van der Waals surface area contributed by atoms with E-state index < -0.39 is 11.4 Å². The molecule has 0 aliphatic heterocycles. The molecule has 132 valence electrons. The Morgan fingerprint density at radius 1 is 1.28 bits per heavy atom. The minimum atomic E-state index is -0.836. The molecule has 1 saturated carbocycles. The Labute approximate surface area is 148 Å². The number of halogens is 1. The summed E-state index contributed by atoms with van der Waals surface area (Å²) in [7, 11) is 0. The molecule has 1 aliphatic rings. The van der Waals surface area contributed by atoms with Crippen LogP contribution in [-0.4, -0.2) is 22.3 Å². The molecule has 2 aromatic rings. The van der Waals surface area contributed by atoms with Crippen molar-refractivity contribution < 1.29 is 14.0 Å². The summed E-state index contributed by atoms with van der Waals surface area (Å²) in [4.78, 5) is 27.6. The van der Waals surface area contributed by atoms with Crippen LogP contribution in [0, 0.1) is 5.82 Å². The molecule has 4 N–H and O–H groups in total. The first-order chi connectivity index (χ1) is 11.9. The molecule has 1 fully saturated rings. The summed E-state index contributed by atoms with van der Waals surface area (Å²) in [6, 6.07) is 4.38. The fourth-order valence-corrected chi connectivity index (χ4v) is 3.62. The molecule has 25 heavy (non-hydrogen) atoms. The molecule has 0 atom stereocenters. The molecule has 0 spiro atoms. The molecular formula is C17H19FN4O2S. The van der Waals surface area contributed by atoms with Gasteiger partial charge < -0.3 is 16.4 Å². The van der Waals surface area contributed by atoms with Crippen LogP contribution in [0.5, 0.6) is 0 Å². The molecule has 0 radical (unpaired) electrons. The number of nitrogens with two attached hydrogens (primary N) is 1. The Morgan fingerprint density at radius 3 is 2.64 bits per heavy atom. The maximum Gasteiger partial charge on any atom is 0.246 e. The predicted molar refractivity (Wildman–Crippen MR) is 95.8 cm³/mol. The first kappa shape index (κ1) is 17.5. The van der Waals surface area contributed by atoms with Gasteiger partial charge in [-0.05, 0) is 31.0 Å². The second-order valence-corrected chi connectivity index (χ2v) is 7.09. The van der Waals surface area contributed by atoms with E-state index in [1.807, 2.05) is 0 Å². The number of benzene rings is 1. The van der Waals surface area contributed by atoms with E-state index in [-0.39, 0.29) is 11.8 Å². The van der Waals surface area contributed by atoms with Gasteiger partial charge in [-0.1, -0.05) is 12.8 Å². The van der Waals surface area contributed by atoms with E-state index in [9.17, 15) is 14.0 Å². The Balaban J connectivity index is 1.75. The van der Waals surface area contributed by atoms with E-state index in [4.69, 9.17) is 5.73 Å². The third-order valence-corrected chi connectivity index (χ3v) is 5.00. The van der Waals surface area contributed by atoms with Crippen LogP contribution in [0.25, 0.3) is 11.3 Å². The Kier molecular flexibility index (Phi) is 4.82.